The second kappa shape index (κ2) is 7.21. The Bertz CT molecular complexity index is 371. The van der Waals surface area contributed by atoms with E-state index in [9.17, 15) is 0 Å². The molecule has 3 heteroatoms. The Hall–Kier alpha value is -0.900. The molecule has 0 amide bonds. The SMILES string of the molecule is c1cc(CN2CCCCC2)cc(CN2CCNCC2)c1. The summed E-state index contributed by atoms with van der Waals surface area (Å²) in [4.78, 5) is 5.16. The van der Waals surface area contributed by atoms with Gasteiger partial charge in [0, 0.05) is 39.3 Å². The highest BCUT2D eigenvalue weighted by Crippen LogP contribution is 2.15. The summed E-state index contributed by atoms with van der Waals surface area (Å²) >= 11 is 0. The van der Waals surface area contributed by atoms with Gasteiger partial charge in [-0.15, -0.1) is 0 Å². The van der Waals surface area contributed by atoms with E-state index in [2.05, 4.69) is 39.4 Å². The van der Waals surface area contributed by atoms with Gasteiger partial charge in [-0.25, -0.2) is 0 Å². The fraction of sp³-hybridized carbons (Fsp3) is 0.647. The van der Waals surface area contributed by atoms with E-state index in [0.29, 0.717) is 0 Å². The second-order valence-electron chi connectivity index (χ2n) is 6.18. The third-order valence-corrected chi connectivity index (χ3v) is 4.46. The van der Waals surface area contributed by atoms with Crippen molar-refractivity contribution >= 4 is 0 Å². The van der Waals surface area contributed by atoms with Gasteiger partial charge in [-0.2, -0.15) is 0 Å². The van der Waals surface area contributed by atoms with Gasteiger partial charge >= 0.3 is 0 Å². The monoisotopic (exact) mass is 273 g/mol. The maximum Gasteiger partial charge on any atom is 0.0234 e. The largest absolute Gasteiger partial charge is 0.314 e. The number of hydrogen-bond donors (Lipinski definition) is 1. The van der Waals surface area contributed by atoms with E-state index in [1.807, 2.05) is 0 Å². The summed E-state index contributed by atoms with van der Waals surface area (Å²) in [5, 5.41) is 3.42. The van der Waals surface area contributed by atoms with E-state index >= 15 is 0 Å². The van der Waals surface area contributed by atoms with Crippen molar-refractivity contribution in [2.24, 2.45) is 0 Å². The molecule has 0 spiro atoms. The van der Waals surface area contributed by atoms with Gasteiger partial charge in [0.05, 0.1) is 0 Å². The van der Waals surface area contributed by atoms with Crippen LogP contribution in [0.25, 0.3) is 0 Å². The van der Waals surface area contributed by atoms with Crippen LogP contribution in [-0.2, 0) is 13.1 Å². The highest BCUT2D eigenvalue weighted by atomic mass is 15.2. The first-order chi connectivity index (χ1) is 9.90. The Labute approximate surface area is 123 Å². The Morgan fingerprint density at radius 2 is 1.40 bits per heavy atom. The van der Waals surface area contributed by atoms with Gasteiger partial charge < -0.3 is 5.32 Å². The molecule has 2 aliphatic rings. The van der Waals surface area contributed by atoms with Gasteiger partial charge in [-0.05, 0) is 37.1 Å². The minimum atomic E-state index is 1.11. The van der Waals surface area contributed by atoms with E-state index in [4.69, 9.17) is 0 Å². The molecule has 0 saturated carbocycles. The predicted octanol–water partition coefficient (Wildman–Crippen LogP) is 2.08. The van der Waals surface area contributed by atoms with Gasteiger partial charge in [0.2, 0.25) is 0 Å². The Morgan fingerprint density at radius 3 is 2.05 bits per heavy atom. The summed E-state index contributed by atoms with van der Waals surface area (Å²) in [6.45, 7) is 9.42. The zero-order valence-electron chi connectivity index (χ0n) is 12.5. The van der Waals surface area contributed by atoms with Gasteiger partial charge in [-0.1, -0.05) is 30.7 Å². The standard InChI is InChI=1S/C17H27N3/c1-2-9-19(10-3-1)14-16-5-4-6-17(13-16)15-20-11-7-18-8-12-20/h4-6,13,18H,1-3,7-12,14-15H2. The molecule has 3 rings (SSSR count). The van der Waals surface area contributed by atoms with Crippen LogP contribution in [0.1, 0.15) is 30.4 Å². The summed E-state index contributed by atoms with van der Waals surface area (Å²) in [7, 11) is 0. The molecule has 2 aliphatic heterocycles. The zero-order chi connectivity index (χ0) is 13.6. The van der Waals surface area contributed by atoms with Crippen molar-refractivity contribution in [1.82, 2.24) is 15.1 Å². The van der Waals surface area contributed by atoms with Crippen LogP contribution in [0.2, 0.25) is 0 Å². The van der Waals surface area contributed by atoms with Crippen LogP contribution in [-0.4, -0.2) is 49.1 Å². The van der Waals surface area contributed by atoms with E-state index < -0.39 is 0 Å². The van der Waals surface area contributed by atoms with E-state index in [1.54, 1.807) is 0 Å². The smallest absolute Gasteiger partial charge is 0.0234 e. The number of rotatable bonds is 4. The lowest BCUT2D eigenvalue weighted by Gasteiger charge is -2.28. The second-order valence-corrected chi connectivity index (χ2v) is 6.18. The zero-order valence-corrected chi connectivity index (χ0v) is 12.5. The maximum atomic E-state index is 3.42. The molecule has 0 aliphatic carbocycles. The molecule has 0 bridgehead atoms. The molecule has 1 aromatic rings. The van der Waals surface area contributed by atoms with Crippen molar-refractivity contribution in [3.05, 3.63) is 35.4 Å². The third kappa shape index (κ3) is 4.05. The first-order valence-corrected chi connectivity index (χ1v) is 8.13. The first kappa shape index (κ1) is 14.1. The number of piperidine rings is 1. The predicted molar refractivity (Wildman–Crippen MR) is 83.7 cm³/mol. The molecule has 0 radical (unpaired) electrons. The fourth-order valence-corrected chi connectivity index (χ4v) is 3.33. The van der Waals surface area contributed by atoms with E-state index in [0.717, 1.165) is 26.2 Å². The molecule has 2 heterocycles. The molecule has 110 valence electrons. The molecule has 3 nitrogen and oxygen atoms in total. The highest BCUT2D eigenvalue weighted by molar-refractivity contribution is 5.23. The molecule has 0 atom stereocenters. The van der Waals surface area contributed by atoms with Gasteiger partial charge in [0.1, 0.15) is 0 Å². The molecular formula is C17H27N3. The average molecular weight is 273 g/mol. The summed E-state index contributed by atoms with van der Waals surface area (Å²) in [6, 6.07) is 9.21. The van der Waals surface area contributed by atoms with Crippen LogP contribution < -0.4 is 5.32 Å². The lowest BCUT2D eigenvalue weighted by atomic mass is 10.1. The number of hydrogen-bond acceptors (Lipinski definition) is 3. The molecule has 20 heavy (non-hydrogen) atoms. The summed E-state index contributed by atoms with van der Waals surface area (Å²) in [5.41, 5.74) is 2.96. The molecular weight excluding hydrogens is 246 g/mol. The molecule has 1 aromatic carbocycles. The minimum Gasteiger partial charge on any atom is -0.314 e. The lowest BCUT2D eigenvalue weighted by molar-refractivity contribution is 0.220. The Morgan fingerprint density at radius 1 is 0.800 bits per heavy atom. The van der Waals surface area contributed by atoms with Crippen LogP contribution in [0.4, 0.5) is 0 Å². The quantitative estimate of drug-likeness (QED) is 0.906. The van der Waals surface area contributed by atoms with Crippen LogP contribution in [0.3, 0.4) is 0 Å². The van der Waals surface area contributed by atoms with Crippen molar-refractivity contribution in [3.8, 4) is 0 Å². The maximum absolute atomic E-state index is 3.42. The summed E-state index contributed by atoms with van der Waals surface area (Å²) in [6.07, 6.45) is 4.17. The number of nitrogens with one attached hydrogen (secondary N) is 1. The van der Waals surface area contributed by atoms with E-state index in [1.165, 1.54) is 56.6 Å². The van der Waals surface area contributed by atoms with E-state index in [-0.39, 0.29) is 0 Å². The van der Waals surface area contributed by atoms with Crippen LogP contribution in [0, 0.1) is 0 Å². The Kier molecular flexibility index (Phi) is 5.06. The van der Waals surface area contributed by atoms with Crippen LogP contribution in [0.5, 0.6) is 0 Å². The van der Waals surface area contributed by atoms with Crippen LogP contribution >= 0.6 is 0 Å². The van der Waals surface area contributed by atoms with Crippen molar-refractivity contribution in [2.45, 2.75) is 32.4 Å². The van der Waals surface area contributed by atoms with Crippen molar-refractivity contribution in [2.75, 3.05) is 39.3 Å². The normalized spacial score (nSPS) is 22.0. The molecule has 1 N–H and O–H groups in total. The topological polar surface area (TPSA) is 18.5 Å². The molecule has 0 unspecified atom stereocenters. The highest BCUT2D eigenvalue weighted by Gasteiger charge is 2.12. The number of benzene rings is 1. The molecule has 2 saturated heterocycles. The van der Waals surface area contributed by atoms with Crippen molar-refractivity contribution < 1.29 is 0 Å². The first-order valence-electron chi connectivity index (χ1n) is 8.13. The Balaban J connectivity index is 1.57. The third-order valence-electron chi connectivity index (χ3n) is 4.46. The van der Waals surface area contributed by atoms with Crippen LogP contribution in [0.15, 0.2) is 24.3 Å². The number of piperazine rings is 1. The van der Waals surface area contributed by atoms with Gasteiger partial charge in [0.15, 0.2) is 0 Å². The number of likely N-dealkylation sites (tertiary alicyclic amines) is 1. The van der Waals surface area contributed by atoms with Crippen molar-refractivity contribution in [3.63, 3.8) is 0 Å². The summed E-state index contributed by atoms with van der Waals surface area (Å²) in [5.74, 6) is 0. The van der Waals surface area contributed by atoms with Gasteiger partial charge in [-0.3, -0.25) is 9.80 Å². The number of nitrogens with zero attached hydrogens (tertiary/aromatic N) is 2. The lowest BCUT2D eigenvalue weighted by Crippen LogP contribution is -2.42. The minimum absolute atomic E-state index is 1.11. The van der Waals surface area contributed by atoms with Gasteiger partial charge in [0.25, 0.3) is 0 Å². The fourth-order valence-electron chi connectivity index (χ4n) is 3.33. The molecule has 0 aromatic heterocycles. The summed E-state index contributed by atoms with van der Waals surface area (Å²) < 4.78 is 0. The van der Waals surface area contributed by atoms with Crippen molar-refractivity contribution in [1.29, 1.82) is 0 Å². The molecule has 2 fully saturated rings. The average Bonchev–Trinajstić information content (AvgIpc) is 2.50.